The van der Waals surface area contributed by atoms with Crippen molar-refractivity contribution in [1.82, 2.24) is 15.6 Å². The topological polar surface area (TPSA) is 72.5 Å². The van der Waals surface area contributed by atoms with E-state index in [1.54, 1.807) is 6.20 Å². The SMILES string of the molecule is O=C(NCc1ccc2ncccc2c1)N[C@H]1CCO[C@]2(CCOC2)C1. The molecule has 0 radical (unpaired) electrons. The Balaban J connectivity index is 1.31. The number of benzene rings is 1. The predicted octanol–water partition coefficient (Wildman–Crippen LogP) is 2.37. The van der Waals surface area contributed by atoms with E-state index in [1.807, 2.05) is 24.3 Å². The number of rotatable bonds is 3. The molecule has 0 aliphatic carbocycles. The first-order valence-corrected chi connectivity index (χ1v) is 8.82. The molecule has 0 saturated carbocycles. The van der Waals surface area contributed by atoms with Crippen molar-refractivity contribution in [3.8, 4) is 0 Å². The van der Waals surface area contributed by atoms with Gasteiger partial charge >= 0.3 is 6.03 Å². The lowest BCUT2D eigenvalue weighted by molar-refractivity contribution is -0.0878. The minimum atomic E-state index is -0.193. The third-order valence-electron chi connectivity index (χ3n) is 5.02. The zero-order chi connectivity index (χ0) is 17.1. The van der Waals surface area contributed by atoms with Crippen LogP contribution in [-0.2, 0) is 16.0 Å². The number of nitrogens with one attached hydrogen (secondary N) is 2. The van der Waals surface area contributed by atoms with Crippen molar-refractivity contribution in [1.29, 1.82) is 0 Å². The molecule has 6 nitrogen and oxygen atoms in total. The molecule has 2 aliphatic rings. The van der Waals surface area contributed by atoms with Gasteiger partial charge in [-0.1, -0.05) is 12.1 Å². The van der Waals surface area contributed by atoms with E-state index in [0.717, 1.165) is 42.3 Å². The van der Waals surface area contributed by atoms with Crippen LogP contribution < -0.4 is 10.6 Å². The van der Waals surface area contributed by atoms with Crippen molar-refractivity contribution in [3.05, 3.63) is 42.1 Å². The van der Waals surface area contributed by atoms with Crippen LogP contribution in [0, 0.1) is 0 Å². The summed E-state index contributed by atoms with van der Waals surface area (Å²) in [7, 11) is 0. The lowest BCUT2D eigenvalue weighted by Gasteiger charge is -2.37. The molecule has 25 heavy (non-hydrogen) atoms. The molecule has 1 spiro atoms. The van der Waals surface area contributed by atoms with Gasteiger partial charge in [0.05, 0.1) is 17.7 Å². The summed E-state index contributed by atoms with van der Waals surface area (Å²) in [6.07, 6.45) is 4.36. The normalized spacial score (nSPS) is 26.0. The number of amides is 2. The van der Waals surface area contributed by atoms with Gasteiger partial charge in [0.15, 0.2) is 0 Å². The van der Waals surface area contributed by atoms with E-state index >= 15 is 0 Å². The van der Waals surface area contributed by atoms with Crippen LogP contribution >= 0.6 is 0 Å². The van der Waals surface area contributed by atoms with Crippen LogP contribution in [0.4, 0.5) is 4.79 Å². The first-order chi connectivity index (χ1) is 12.2. The minimum absolute atomic E-state index is 0.132. The van der Waals surface area contributed by atoms with Gasteiger partial charge in [-0.15, -0.1) is 0 Å². The number of ether oxygens (including phenoxy) is 2. The molecule has 2 fully saturated rings. The average molecular weight is 341 g/mol. The molecule has 6 heteroatoms. The molecule has 4 rings (SSSR count). The molecule has 0 bridgehead atoms. The van der Waals surface area contributed by atoms with Crippen LogP contribution in [0.3, 0.4) is 0 Å². The molecule has 0 unspecified atom stereocenters. The second-order valence-corrected chi connectivity index (χ2v) is 6.88. The van der Waals surface area contributed by atoms with Gasteiger partial charge in [-0.25, -0.2) is 4.79 Å². The monoisotopic (exact) mass is 341 g/mol. The third-order valence-corrected chi connectivity index (χ3v) is 5.02. The average Bonchev–Trinajstić information content (AvgIpc) is 3.07. The summed E-state index contributed by atoms with van der Waals surface area (Å²) in [4.78, 5) is 16.6. The van der Waals surface area contributed by atoms with Crippen molar-refractivity contribution in [2.45, 2.75) is 37.5 Å². The van der Waals surface area contributed by atoms with Crippen LogP contribution in [0.15, 0.2) is 36.5 Å². The van der Waals surface area contributed by atoms with Crippen molar-refractivity contribution < 1.29 is 14.3 Å². The van der Waals surface area contributed by atoms with Crippen molar-refractivity contribution >= 4 is 16.9 Å². The molecule has 2 saturated heterocycles. The summed E-state index contributed by atoms with van der Waals surface area (Å²) in [6.45, 7) is 2.55. The van der Waals surface area contributed by atoms with Gasteiger partial charge in [0, 0.05) is 43.8 Å². The lowest BCUT2D eigenvalue weighted by atomic mass is 9.90. The molecular weight excluding hydrogens is 318 g/mol. The number of urea groups is 1. The second kappa shape index (κ2) is 6.98. The van der Waals surface area contributed by atoms with Crippen LogP contribution in [0.5, 0.6) is 0 Å². The summed E-state index contributed by atoms with van der Waals surface area (Å²) >= 11 is 0. The molecule has 2 N–H and O–H groups in total. The van der Waals surface area contributed by atoms with Gasteiger partial charge in [0.1, 0.15) is 0 Å². The summed E-state index contributed by atoms with van der Waals surface area (Å²) in [5.74, 6) is 0. The Morgan fingerprint density at radius 1 is 1.32 bits per heavy atom. The van der Waals surface area contributed by atoms with Crippen LogP contribution in [0.2, 0.25) is 0 Å². The zero-order valence-electron chi connectivity index (χ0n) is 14.2. The quantitative estimate of drug-likeness (QED) is 0.899. The summed E-state index contributed by atoms with van der Waals surface area (Å²) < 4.78 is 11.4. The smallest absolute Gasteiger partial charge is 0.315 e. The Hall–Kier alpha value is -2.18. The van der Waals surface area contributed by atoms with E-state index in [4.69, 9.17) is 9.47 Å². The largest absolute Gasteiger partial charge is 0.378 e. The number of carbonyl (C=O) groups is 1. The van der Waals surface area contributed by atoms with Crippen LogP contribution in [-0.4, -0.2) is 42.5 Å². The van der Waals surface area contributed by atoms with E-state index in [9.17, 15) is 4.79 Å². The highest BCUT2D eigenvalue weighted by atomic mass is 16.6. The number of pyridine rings is 1. The lowest BCUT2D eigenvalue weighted by Crippen LogP contribution is -2.51. The zero-order valence-corrected chi connectivity index (χ0v) is 14.2. The Morgan fingerprint density at radius 3 is 3.16 bits per heavy atom. The molecule has 1 aromatic carbocycles. The second-order valence-electron chi connectivity index (χ2n) is 6.88. The number of hydrogen-bond donors (Lipinski definition) is 2. The number of hydrogen-bond acceptors (Lipinski definition) is 4. The maximum Gasteiger partial charge on any atom is 0.315 e. The van der Waals surface area contributed by atoms with E-state index < -0.39 is 0 Å². The summed E-state index contributed by atoms with van der Waals surface area (Å²) in [5.41, 5.74) is 1.83. The summed E-state index contributed by atoms with van der Waals surface area (Å²) in [5, 5.41) is 7.11. The standard InChI is InChI=1S/C19H23N3O3/c23-18(22-16-5-8-25-19(11-16)6-9-24-13-19)21-12-14-3-4-17-15(10-14)2-1-7-20-17/h1-4,7,10,16H,5-6,8-9,11-13H2,(H2,21,22,23)/t16-,19+/m0/s1. The van der Waals surface area contributed by atoms with E-state index in [2.05, 4.69) is 21.7 Å². The molecule has 1 aromatic heterocycles. The maximum atomic E-state index is 12.2. The van der Waals surface area contributed by atoms with Gasteiger partial charge in [-0.3, -0.25) is 4.98 Å². The van der Waals surface area contributed by atoms with Gasteiger partial charge in [0.25, 0.3) is 0 Å². The van der Waals surface area contributed by atoms with E-state index in [0.29, 0.717) is 19.8 Å². The number of aromatic nitrogens is 1. The molecule has 3 heterocycles. The van der Waals surface area contributed by atoms with E-state index in [-0.39, 0.29) is 17.7 Å². The molecular formula is C19H23N3O3. The van der Waals surface area contributed by atoms with E-state index in [1.165, 1.54) is 0 Å². The van der Waals surface area contributed by atoms with Crippen LogP contribution in [0.1, 0.15) is 24.8 Å². The highest BCUT2D eigenvalue weighted by Gasteiger charge is 2.41. The van der Waals surface area contributed by atoms with Gasteiger partial charge in [0.2, 0.25) is 0 Å². The minimum Gasteiger partial charge on any atom is -0.378 e. The fourth-order valence-electron chi connectivity index (χ4n) is 3.67. The van der Waals surface area contributed by atoms with Crippen molar-refractivity contribution in [2.24, 2.45) is 0 Å². The predicted molar refractivity (Wildman–Crippen MR) is 94.3 cm³/mol. The Kier molecular flexibility index (Phi) is 4.55. The van der Waals surface area contributed by atoms with Gasteiger partial charge < -0.3 is 20.1 Å². The molecule has 2 aliphatic heterocycles. The molecule has 2 atom stereocenters. The summed E-state index contributed by atoms with van der Waals surface area (Å²) in [6, 6.07) is 9.98. The fourth-order valence-corrected chi connectivity index (χ4v) is 3.67. The van der Waals surface area contributed by atoms with Gasteiger partial charge in [-0.2, -0.15) is 0 Å². The van der Waals surface area contributed by atoms with Crippen molar-refractivity contribution in [2.75, 3.05) is 19.8 Å². The molecule has 132 valence electrons. The maximum absolute atomic E-state index is 12.2. The Morgan fingerprint density at radius 2 is 2.28 bits per heavy atom. The molecule has 2 aromatic rings. The van der Waals surface area contributed by atoms with Crippen LogP contribution in [0.25, 0.3) is 10.9 Å². The van der Waals surface area contributed by atoms with Gasteiger partial charge in [-0.05, 0) is 36.6 Å². The first-order valence-electron chi connectivity index (χ1n) is 8.82. The molecule has 2 amide bonds. The highest BCUT2D eigenvalue weighted by Crippen LogP contribution is 2.32. The Labute approximate surface area is 146 Å². The fraction of sp³-hybridized carbons (Fsp3) is 0.474. The number of carbonyl (C=O) groups excluding carboxylic acids is 1. The highest BCUT2D eigenvalue weighted by molar-refractivity contribution is 5.79. The number of fused-ring (bicyclic) bond motifs is 1. The van der Waals surface area contributed by atoms with Crippen molar-refractivity contribution in [3.63, 3.8) is 0 Å². The Bertz CT molecular complexity index is 758. The first kappa shape index (κ1) is 16.3. The number of nitrogens with zero attached hydrogens (tertiary/aromatic N) is 1. The third kappa shape index (κ3) is 3.75.